The third-order valence-electron chi connectivity index (χ3n) is 2.91. The van der Waals surface area contributed by atoms with Gasteiger partial charge in [-0.25, -0.2) is 9.97 Å². The molecule has 1 N–H and O–H groups in total. The Kier molecular flexibility index (Phi) is 3.10. The Hall–Kier alpha value is -1.16. The predicted molar refractivity (Wildman–Crippen MR) is 63.6 cm³/mol. The molecule has 0 unspecified atom stereocenters. The summed E-state index contributed by atoms with van der Waals surface area (Å²) in [4.78, 5) is 11.2. The summed E-state index contributed by atoms with van der Waals surface area (Å²) in [6, 6.07) is 2.01. The average Bonchev–Trinajstić information content (AvgIpc) is 2.15. The van der Waals surface area contributed by atoms with Gasteiger partial charge < -0.3 is 10.0 Å². The molecular formula is C12H19N3O. The van der Waals surface area contributed by atoms with Crippen LogP contribution in [0.4, 0.5) is 5.82 Å². The van der Waals surface area contributed by atoms with E-state index in [0.717, 1.165) is 30.4 Å². The van der Waals surface area contributed by atoms with Gasteiger partial charge in [0, 0.05) is 43.3 Å². The van der Waals surface area contributed by atoms with Crippen molar-refractivity contribution in [3.8, 4) is 0 Å². The van der Waals surface area contributed by atoms with Crippen LogP contribution in [-0.2, 0) is 0 Å². The zero-order chi connectivity index (χ0) is 11.7. The molecule has 1 aromatic heterocycles. The van der Waals surface area contributed by atoms with E-state index < -0.39 is 0 Å². The smallest absolute Gasteiger partial charge is 0.133 e. The summed E-state index contributed by atoms with van der Waals surface area (Å²) in [5.41, 5.74) is 1.01. The molecule has 4 heteroatoms. The first-order valence-electron chi connectivity index (χ1n) is 5.81. The summed E-state index contributed by atoms with van der Waals surface area (Å²) < 4.78 is 0. The molecule has 1 aliphatic rings. The third-order valence-corrected chi connectivity index (χ3v) is 2.91. The first kappa shape index (κ1) is 11.3. The molecule has 1 aliphatic heterocycles. The first-order chi connectivity index (χ1) is 7.60. The fourth-order valence-corrected chi connectivity index (χ4v) is 1.87. The fourth-order valence-electron chi connectivity index (χ4n) is 1.87. The summed E-state index contributed by atoms with van der Waals surface area (Å²) in [7, 11) is 0. The molecule has 0 spiro atoms. The van der Waals surface area contributed by atoms with E-state index in [9.17, 15) is 0 Å². The van der Waals surface area contributed by atoms with Gasteiger partial charge >= 0.3 is 0 Å². The minimum absolute atomic E-state index is 0.275. The highest BCUT2D eigenvalue weighted by Gasteiger charge is 2.27. The van der Waals surface area contributed by atoms with Crippen LogP contribution < -0.4 is 4.90 Å². The van der Waals surface area contributed by atoms with Crippen molar-refractivity contribution in [2.24, 2.45) is 5.92 Å². The number of aryl methyl sites for hydroxylation is 1. The molecule has 1 saturated heterocycles. The zero-order valence-corrected chi connectivity index (χ0v) is 10.1. The minimum Gasteiger partial charge on any atom is -0.396 e. The first-order valence-corrected chi connectivity index (χ1v) is 5.81. The Morgan fingerprint density at radius 1 is 1.44 bits per heavy atom. The standard InChI is InChI=1S/C12H19N3O/c1-8(2)12-13-9(3)4-11(14-12)15-5-10(6-15)7-16/h4,8,10,16H,5-7H2,1-3H3. The molecule has 0 radical (unpaired) electrons. The maximum atomic E-state index is 8.99. The van der Waals surface area contributed by atoms with Gasteiger partial charge in [0.15, 0.2) is 0 Å². The van der Waals surface area contributed by atoms with Crippen LogP contribution in [0.5, 0.6) is 0 Å². The van der Waals surface area contributed by atoms with Crippen molar-refractivity contribution >= 4 is 5.82 Å². The second-order valence-corrected chi connectivity index (χ2v) is 4.83. The van der Waals surface area contributed by atoms with E-state index in [2.05, 4.69) is 28.7 Å². The highest BCUT2D eigenvalue weighted by Crippen LogP contribution is 2.24. The number of aromatic nitrogens is 2. The van der Waals surface area contributed by atoms with Crippen LogP contribution in [0.15, 0.2) is 6.07 Å². The number of hydrogen-bond donors (Lipinski definition) is 1. The number of hydrogen-bond acceptors (Lipinski definition) is 4. The Balaban J connectivity index is 2.16. The Bertz CT molecular complexity index is 373. The van der Waals surface area contributed by atoms with E-state index in [1.807, 2.05) is 13.0 Å². The van der Waals surface area contributed by atoms with E-state index >= 15 is 0 Å². The third kappa shape index (κ3) is 2.16. The Morgan fingerprint density at radius 2 is 2.12 bits per heavy atom. The Morgan fingerprint density at radius 3 is 2.69 bits per heavy atom. The van der Waals surface area contributed by atoms with Crippen LogP contribution in [0.25, 0.3) is 0 Å². The normalized spacial score (nSPS) is 16.7. The quantitative estimate of drug-likeness (QED) is 0.836. The highest BCUT2D eigenvalue weighted by atomic mass is 16.3. The van der Waals surface area contributed by atoms with Crippen LogP contribution in [0.2, 0.25) is 0 Å². The largest absolute Gasteiger partial charge is 0.396 e. The maximum Gasteiger partial charge on any atom is 0.133 e. The number of aliphatic hydroxyl groups excluding tert-OH is 1. The van der Waals surface area contributed by atoms with E-state index in [-0.39, 0.29) is 6.61 Å². The number of rotatable bonds is 3. The second kappa shape index (κ2) is 4.37. The molecule has 2 rings (SSSR count). The molecule has 1 aromatic rings. The molecule has 16 heavy (non-hydrogen) atoms. The molecule has 1 fully saturated rings. The van der Waals surface area contributed by atoms with Crippen LogP contribution in [0.3, 0.4) is 0 Å². The molecule has 4 nitrogen and oxygen atoms in total. The van der Waals surface area contributed by atoms with E-state index in [1.54, 1.807) is 0 Å². The van der Waals surface area contributed by atoms with Crippen molar-refractivity contribution in [1.82, 2.24) is 9.97 Å². The number of anilines is 1. The lowest BCUT2D eigenvalue weighted by Crippen LogP contribution is -2.49. The number of nitrogens with zero attached hydrogens (tertiary/aromatic N) is 3. The van der Waals surface area contributed by atoms with Gasteiger partial charge in [-0.05, 0) is 6.92 Å². The monoisotopic (exact) mass is 221 g/mol. The lowest BCUT2D eigenvalue weighted by Gasteiger charge is -2.39. The van der Waals surface area contributed by atoms with Crippen molar-refractivity contribution < 1.29 is 5.11 Å². The summed E-state index contributed by atoms with van der Waals surface area (Å²) in [5.74, 6) is 2.68. The van der Waals surface area contributed by atoms with Gasteiger partial charge in [-0.15, -0.1) is 0 Å². The molecule has 0 aromatic carbocycles. The van der Waals surface area contributed by atoms with Gasteiger partial charge in [0.2, 0.25) is 0 Å². The average molecular weight is 221 g/mol. The van der Waals surface area contributed by atoms with Gasteiger partial charge in [0.1, 0.15) is 11.6 Å². The lowest BCUT2D eigenvalue weighted by molar-refractivity contribution is 0.200. The summed E-state index contributed by atoms with van der Waals surface area (Å²) in [6.45, 7) is 8.29. The van der Waals surface area contributed by atoms with Gasteiger partial charge in [0.05, 0.1) is 0 Å². The summed E-state index contributed by atoms with van der Waals surface area (Å²) in [6.07, 6.45) is 0. The van der Waals surface area contributed by atoms with Crippen molar-refractivity contribution in [3.05, 3.63) is 17.6 Å². The summed E-state index contributed by atoms with van der Waals surface area (Å²) in [5, 5.41) is 8.99. The number of aliphatic hydroxyl groups is 1. The van der Waals surface area contributed by atoms with Gasteiger partial charge in [-0.1, -0.05) is 13.8 Å². The van der Waals surface area contributed by atoms with Crippen LogP contribution >= 0.6 is 0 Å². The second-order valence-electron chi connectivity index (χ2n) is 4.83. The van der Waals surface area contributed by atoms with Crippen molar-refractivity contribution in [3.63, 3.8) is 0 Å². The molecule has 88 valence electrons. The van der Waals surface area contributed by atoms with Gasteiger partial charge in [-0.2, -0.15) is 0 Å². The minimum atomic E-state index is 0.275. The molecular weight excluding hydrogens is 202 g/mol. The maximum absolute atomic E-state index is 8.99. The summed E-state index contributed by atoms with van der Waals surface area (Å²) >= 11 is 0. The molecule has 0 saturated carbocycles. The topological polar surface area (TPSA) is 49.2 Å². The molecule has 0 bridgehead atoms. The molecule has 0 aliphatic carbocycles. The molecule has 0 atom stereocenters. The molecule has 2 heterocycles. The SMILES string of the molecule is Cc1cc(N2CC(CO)C2)nc(C(C)C)n1. The molecule has 0 amide bonds. The van der Waals surface area contributed by atoms with Gasteiger partial charge in [-0.3, -0.25) is 0 Å². The van der Waals surface area contributed by atoms with Crippen molar-refractivity contribution in [2.45, 2.75) is 26.7 Å². The van der Waals surface area contributed by atoms with Crippen molar-refractivity contribution in [1.29, 1.82) is 0 Å². The van der Waals surface area contributed by atoms with E-state index in [1.165, 1.54) is 0 Å². The lowest BCUT2D eigenvalue weighted by atomic mass is 10.0. The van der Waals surface area contributed by atoms with Crippen LogP contribution in [-0.4, -0.2) is 34.8 Å². The highest BCUT2D eigenvalue weighted by molar-refractivity contribution is 5.43. The van der Waals surface area contributed by atoms with Crippen LogP contribution in [0.1, 0.15) is 31.3 Å². The zero-order valence-electron chi connectivity index (χ0n) is 10.1. The van der Waals surface area contributed by atoms with Crippen molar-refractivity contribution in [2.75, 3.05) is 24.6 Å². The fraction of sp³-hybridized carbons (Fsp3) is 0.667. The van der Waals surface area contributed by atoms with Crippen LogP contribution in [0, 0.1) is 12.8 Å². The Labute approximate surface area is 96.3 Å². The van der Waals surface area contributed by atoms with Gasteiger partial charge in [0.25, 0.3) is 0 Å². The predicted octanol–water partition coefficient (Wildman–Crippen LogP) is 1.34. The van der Waals surface area contributed by atoms with E-state index in [4.69, 9.17) is 5.11 Å². The van der Waals surface area contributed by atoms with E-state index in [0.29, 0.717) is 11.8 Å².